The second-order valence-electron chi connectivity index (χ2n) is 6.85. The van der Waals surface area contributed by atoms with Gasteiger partial charge >= 0.3 is 5.97 Å². The minimum atomic E-state index is -0.735. The van der Waals surface area contributed by atoms with E-state index in [1.54, 1.807) is 0 Å². The monoisotopic (exact) mass is 358 g/mol. The third-order valence-corrected chi connectivity index (χ3v) is 6.03. The fourth-order valence-electron chi connectivity index (χ4n) is 3.48. The lowest BCUT2D eigenvalue weighted by Crippen LogP contribution is -2.31. The lowest BCUT2D eigenvalue weighted by atomic mass is 10.0. The van der Waals surface area contributed by atoms with Crippen molar-refractivity contribution < 1.29 is 9.90 Å². The van der Waals surface area contributed by atoms with E-state index in [-0.39, 0.29) is 12.5 Å². The minimum Gasteiger partial charge on any atom is -0.481 e. The van der Waals surface area contributed by atoms with Crippen LogP contribution in [0.25, 0.3) is 0 Å². The van der Waals surface area contributed by atoms with E-state index in [0.717, 1.165) is 13.0 Å². The van der Waals surface area contributed by atoms with Gasteiger partial charge in [0.05, 0.1) is 5.01 Å². The maximum atomic E-state index is 10.9. The highest BCUT2D eigenvalue weighted by molar-refractivity contribution is 7.11. The molecule has 3 rings (SSSR count). The van der Waals surface area contributed by atoms with Crippen LogP contribution in [0.5, 0.6) is 0 Å². The Morgan fingerprint density at radius 1 is 1.28 bits per heavy atom. The van der Waals surface area contributed by atoms with E-state index < -0.39 is 5.97 Å². The van der Waals surface area contributed by atoms with Crippen molar-refractivity contribution in [3.8, 4) is 0 Å². The molecule has 4 nitrogen and oxygen atoms in total. The molecule has 1 fully saturated rings. The number of aliphatic carboxylic acids is 1. The van der Waals surface area contributed by atoms with Crippen LogP contribution in [-0.4, -0.2) is 22.1 Å². The summed E-state index contributed by atoms with van der Waals surface area (Å²) in [5.41, 5.74) is 1.24. The van der Waals surface area contributed by atoms with Gasteiger partial charge in [0.15, 0.2) is 0 Å². The number of carboxylic acid groups (broad SMARTS) is 1. The van der Waals surface area contributed by atoms with Gasteiger partial charge in [-0.05, 0) is 31.2 Å². The Balaban J connectivity index is 1.56. The first-order chi connectivity index (χ1) is 12.2. The van der Waals surface area contributed by atoms with Crippen molar-refractivity contribution in [2.24, 2.45) is 0 Å². The second kappa shape index (κ2) is 9.11. The summed E-state index contributed by atoms with van der Waals surface area (Å²) in [6.45, 7) is 0.765. The molecule has 1 unspecified atom stereocenters. The van der Waals surface area contributed by atoms with E-state index in [2.05, 4.69) is 22.4 Å². The van der Waals surface area contributed by atoms with Crippen LogP contribution >= 0.6 is 11.3 Å². The van der Waals surface area contributed by atoms with Crippen LogP contribution in [0.2, 0.25) is 0 Å². The van der Waals surface area contributed by atoms with Crippen molar-refractivity contribution in [2.45, 2.75) is 63.5 Å². The highest BCUT2D eigenvalue weighted by Gasteiger charge is 2.20. The maximum Gasteiger partial charge on any atom is 0.303 e. The molecule has 2 aromatic rings. The summed E-state index contributed by atoms with van der Waals surface area (Å²) in [4.78, 5) is 16.8. The van der Waals surface area contributed by atoms with E-state index in [9.17, 15) is 4.79 Å². The normalized spacial score (nSPS) is 16.2. The zero-order chi connectivity index (χ0) is 17.5. The van der Waals surface area contributed by atoms with Crippen LogP contribution in [0.4, 0.5) is 0 Å². The van der Waals surface area contributed by atoms with Gasteiger partial charge in [0.2, 0.25) is 0 Å². The van der Waals surface area contributed by atoms with E-state index >= 15 is 0 Å². The number of benzene rings is 1. The zero-order valence-electron chi connectivity index (χ0n) is 14.5. The van der Waals surface area contributed by atoms with E-state index in [1.165, 1.54) is 41.1 Å². The fourth-order valence-corrected chi connectivity index (χ4v) is 4.52. The van der Waals surface area contributed by atoms with Gasteiger partial charge in [-0.1, -0.05) is 43.2 Å². The molecule has 1 atom stereocenters. The zero-order valence-corrected chi connectivity index (χ0v) is 15.3. The van der Waals surface area contributed by atoms with E-state index in [1.807, 2.05) is 35.7 Å². The summed E-state index contributed by atoms with van der Waals surface area (Å²) in [5, 5.41) is 13.8. The van der Waals surface area contributed by atoms with E-state index in [4.69, 9.17) is 5.11 Å². The first kappa shape index (κ1) is 18.1. The lowest BCUT2D eigenvalue weighted by molar-refractivity contribution is -0.137. The second-order valence-corrected chi connectivity index (χ2v) is 7.99. The number of nitrogens with one attached hydrogen (secondary N) is 1. The van der Waals surface area contributed by atoms with Crippen LogP contribution in [0, 0.1) is 0 Å². The quantitative estimate of drug-likeness (QED) is 0.699. The van der Waals surface area contributed by atoms with Crippen molar-refractivity contribution >= 4 is 17.3 Å². The highest BCUT2D eigenvalue weighted by Crippen LogP contribution is 2.36. The Hall–Kier alpha value is -1.72. The van der Waals surface area contributed by atoms with Gasteiger partial charge in [0, 0.05) is 36.0 Å². The number of carboxylic acids is 1. The van der Waals surface area contributed by atoms with Gasteiger partial charge < -0.3 is 10.4 Å². The molecule has 0 saturated heterocycles. The third-order valence-electron chi connectivity index (χ3n) is 4.87. The molecule has 0 bridgehead atoms. The maximum absolute atomic E-state index is 10.9. The van der Waals surface area contributed by atoms with Gasteiger partial charge in [-0.2, -0.15) is 0 Å². The molecule has 2 N–H and O–H groups in total. The lowest BCUT2D eigenvalue weighted by Gasteiger charge is -2.17. The van der Waals surface area contributed by atoms with Crippen molar-refractivity contribution in [2.75, 3.05) is 0 Å². The summed E-state index contributed by atoms with van der Waals surface area (Å²) in [7, 11) is 0. The predicted molar refractivity (Wildman–Crippen MR) is 101 cm³/mol. The first-order valence-corrected chi connectivity index (χ1v) is 9.96. The summed E-state index contributed by atoms with van der Waals surface area (Å²) in [6, 6.07) is 10.4. The molecular weight excluding hydrogens is 332 g/mol. The van der Waals surface area contributed by atoms with Gasteiger partial charge in [-0.3, -0.25) is 4.79 Å². The number of hydrogen-bond acceptors (Lipinski definition) is 4. The van der Waals surface area contributed by atoms with Crippen LogP contribution in [0.3, 0.4) is 0 Å². The SMILES string of the molecule is O=C(O)CCC(Cc1ccccc1)NCc1cnc(C2CCCC2)s1. The van der Waals surface area contributed by atoms with Gasteiger partial charge in [-0.15, -0.1) is 11.3 Å². The van der Waals surface area contributed by atoms with E-state index in [0.29, 0.717) is 12.3 Å². The molecule has 1 aromatic carbocycles. The molecule has 1 aliphatic rings. The Kier molecular flexibility index (Phi) is 6.59. The number of aromatic nitrogens is 1. The smallest absolute Gasteiger partial charge is 0.303 e. The molecule has 1 aliphatic carbocycles. The average molecular weight is 359 g/mol. The fraction of sp³-hybridized carbons (Fsp3) is 0.500. The van der Waals surface area contributed by atoms with Gasteiger partial charge in [0.1, 0.15) is 0 Å². The Labute approximate surface area is 153 Å². The standard InChI is InChI=1S/C20H26N2O2S/c23-19(24)11-10-17(12-15-6-2-1-3-7-15)21-13-18-14-22-20(25-18)16-8-4-5-9-16/h1-3,6-7,14,16-17,21H,4-5,8-13H2,(H,23,24). The Morgan fingerprint density at radius 3 is 2.76 bits per heavy atom. The van der Waals surface area contributed by atoms with Crippen molar-refractivity contribution in [1.29, 1.82) is 0 Å². The molecular formula is C20H26N2O2S. The summed E-state index contributed by atoms with van der Waals surface area (Å²) in [5.74, 6) is -0.0768. The first-order valence-electron chi connectivity index (χ1n) is 9.14. The van der Waals surface area contributed by atoms with Crippen molar-refractivity contribution in [3.05, 3.63) is 52.0 Å². The number of thiazole rings is 1. The molecule has 0 amide bonds. The molecule has 25 heavy (non-hydrogen) atoms. The summed E-state index contributed by atoms with van der Waals surface area (Å²) >= 11 is 1.81. The molecule has 1 heterocycles. The molecule has 0 spiro atoms. The number of nitrogens with zero attached hydrogens (tertiary/aromatic N) is 1. The summed E-state index contributed by atoms with van der Waals surface area (Å²) < 4.78 is 0. The van der Waals surface area contributed by atoms with Crippen LogP contribution in [-0.2, 0) is 17.8 Å². The van der Waals surface area contributed by atoms with Gasteiger partial charge in [-0.25, -0.2) is 4.98 Å². The molecule has 1 aromatic heterocycles. The largest absolute Gasteiger partial charge is 0.481 e. The van der Waals surface area contributed by atoms with Crippen LogP contribution < -0.4 is 5.32 Å². The van der Waals surface area contributed by atoms with Crippen molar-refractivity contribution in [1.82, 2.24) is 10.3 Å². The molecule has 5 heteroatoms. The van der Waals surface area contributed by atoms with Crippen LogP contribution in [0.15, 0.2) is 36.5 Å². The third kappa shape index (κ3) is 5.65. The number of rotatable bonds is 9. The Morgan fingerprint density at radius 2 is 2.04 bits per heavy atom. The van der Waals surface area contributed by atoms with Gasteiger partial charge in [0.25, 0.3) is 0 Å². The van der Waals surface area contributed by atoms with Crippen LogP contribution in [0.1, 0.15) is 59.9 Å². The number of carbonyl (C=O) groups is 1. The number of hydrogen-bond donors (Lipinski definition) is 2. The minimum absolute atomic E-state index is 0.163. The summed E-state index contributed by atoms with van der Waals surface area (Å²) in [6.07, 6.45) is 8.87. The molecule has 1 saturated carbocycles. The molecule has 0 aliphatic heterocycles. The topological polar surface area (TPSA) is 62.2 Å². The molecule has 134 valence electrons. The average Bonchev–Trinajstić information content (AvgIpc) is 3.29. The highest BCUT2D eigenvalue weighted by atomic mass is 32.1. The molecule has 0 radical (unpaired) electrons. The van der Waals surface area contributed by atoms with Crippen molar-refractivity contribution in [3.63, 3.8) is 0 Å². The Bertz CT molecular complexity index is 665. The predicted octanol–water partition coefficient (Wildman–Crippen LogP) is 4.37.